The first-order chi connectivity index (χ1) is 9.94. The van der Waals surface area contributed by atoms with E-state index < -0.39 is 6.36 Å². The third-order valence-electron chi connectivity index (χ3n) is 2.51. The molecule has 0 aliphatic carbocycles. The lowest BCUT2D eigenvalue weighted by Crippen LogP contribution is -2.23. The Balaban J connectivity index is 1.91. The lowest BCUT2D eigenvalue weighted by Gasteiger charge is -2.09. The summed E-state index contributed by atoms with van der Waals surface area (Å²) in [6.45, 7) is 0.182. The second-order valence-electron chi connectivity index (χ2n) is 4.09. The third-order valence-corrected chi connectivity index (χ3v) is 2.51. The topological polar surface area (TPSA) is 51.2 Å². The van der Waals surface area contributed by atoms with E-state index in [9.17, 15) is 18.0 Å². The number of aromatic nitrogens is 1. The fourth-order valence-corrected chi connectivity index (χ4v) is 1.58. The summed E-state index contributed by atoms with van der Waals surface area (Å²) in [5.41, 5.74) is 0.920. The number of halogens is 3. The van der Waals surface area contributed by atoms with Crippen LogP contribution in [0.4, 0.5) is 13.2 Å². The van der Waals surface area contributed by atoms with Gasteiger partial charge in [0, 0.05) is 12.7 Å². The van der Waals surface area contributed by atoms with Crippen LogP contribution in [-0.4, -0.2) is 17.3 Å². The normalized spacial score (nSPS) is 11.0. The number of rotatable bonds is 4. The van der Waals surface area contributed by atoms with Crippen molar-refractivity contribution < 1.29 is 22.7 Å². The molecule has 1 aromatic carbocycles. The van der Waals surface area contributed by atoms with E-state index in [0.717, 1.165) is 0 Å². The van der Waals surface area contributed by atoms with Gasteiger partial charge in [-0.3, -0.25) is 9.78 Å². The van der Waals surface area contributed by atoms with Crippen molar-refractivity contribution in [2.45, 2.75) is 12.9 Å². The van der Waals surface area contributed by atoms with Gasteiger partial charge in [0.05, 0.1) is 0 Å². The Labute approximate surface area is 118 Å². The van der Waals surface area contributed by atoms with Crippen molar-refractivity contribution in [3.8, 4) is 5.75 Å². The van der Waals surface area contributed by atoms with Gasteiger partial charge in [-0.1, -0.05) is 18.2 Å². The largest absolute Gasteiger partial charge is 0.573 e. The van der Waals surface area contributed by atoms with Crippen molar-refractivity contribution in [2.24, 2.45) is 0 Å². The average Bonchev–Trinajstić information content (AvgIpc) is 2.45. The molecule has 110 valence electrons. The predicted octanol–water partition coefficient (Wildman–Crippen LogP) is 2.91. The minimum absolute atomic E-state index is 0.182. The summed E-state index contributed by atoms with van der Waals surface area (Å²) >= 11 is 0. The summed E-state index contributed by atoms with van der Waals surface area (Å²) < 4.78 is 39.7. The second kappa shape index (κ2) is 6.25. The van der Waals surface area contributed by atoms with E-state index in [1.54, 1.807) is 18.2 Å². The Morgan fingerprint density at radius 3 is 2.43 bits per heavy atom. The van der Waals surface area contributed by atoms with Crippen LogP contribution in [-0.2, 0) is 6.54 Å². The molecule has 1 amide bonds. The van der Waals surface area contributed by atoms with Crippen LogP contribution in [0.25, 0.3) is 0 Å². The molecule has 7 heteroatoms. The summed E-state index contributed by atoms with van der Waals surface area (Å²) in [7, 11) is 0. The molecule has 0 radical (unpaired) electrons. The number of ether oxygens (including phenoxy) is 1. The first-order valence-corrected chi connectivity index (χ1v) is 5.98. The van der Waals surface area contributed by atoms with Gasteiger partial charge in [0.25, 0.3) is 5.91 Å². The summed E-state index contributed by atoms with van der Waals surface area (Å²) in [6.07, 6.45) is -3.22. The molecule has 0 bridgehead atoms. The average molecular weight is 296 g/mol. The highest BCUT2D eigenvalue weighted by Gasteiger charge is 2.30. The highest BCUT2D eigenvalue weighted by molar-refractivity contribution is 5.92. The molecule has 1 heterocycles. The first kappa shape index (κ1) is 14.8. The van der Waals surface area contributed by atoms with Crippen LogP contribution in [0.1, 0.15) is 16.1 Å². The number of hydrogen-bond acceptors (Lipinski definition) is 3. The number of hydrogen-bond donors (Lipinski definition) is 1. The molecule has 1 N–H and O–H groups in total. The number of benzene rings is 1. The molecular formula is C14H11F3N2O2. The zero-order chi connectivity index (χ0) is 15.3. The van der Waals surface area contributed by atoms with Gasteiger partial charge in [-0.15, -0.1) is 13.2 Å². The van der Waals surface area contributed by atoms with E-state index in [0.29, 0.717) is 5.56 Å². The van der Waals surface area contributed by atoms with Gasteiger partial charge < -0.3 is 10.1 Å². The van der Waals surface area contributed by atoms with Gasteiger partial charge in [0.2, 0.25) is 0 Å². The molecule has 0 unspecified atom stereocenters. The van der Waals surface area contributed by atoms with E-state index in [1.807, 2.05) is 0 Å². The van der Waals surface area contributed by atoms with E-state index in [2.05, 4.69) is 15.0 Å². The Morgan fingerprint density at radius 2 is 1.86 bits per heavy atom. The molecule has 0 aliphatic heterocycles. The number of nitrogens with one attached hydrogen (secondary N) is 1. The molecule has 0 atom stereocenters. The Bertz CT molecular complexity index is 598. The van der Waals surface area contributed by atoms with Gasteiger partial charge in [0.15, 0.2) is 0 Å². The molecule has 0 saturated heterocycles. The minimum atomic E-state index is -4.71. The summed E-state index contributed by atoms with van der Waals surface area (Å²) in [6, 6.07) is 10.2. The Hall–Kier alpha value is -2.57. The lowest BCUT2D eigenvalue weighted by atomic mass is 10.2. The van der Waals surface area contributed by atoms with Crippen LogP contribution in [0.2, 0.25) is 0 Å². The fraction of sp³-hybridized carbons (Fsp3) is 0.143. The maximum atomic E-state index is 12.0. The number of carbonyl (C=O) groups excluding carboxylic acids is 1. The van der Waals surface area contributed by atoms with E-state index in [1.165, 1.54) is 30.5 Å². The van der Waals surface area contributed by atoms with Crippen molar-refractivity contribution in [1.29, 1.82) is 0 Å². The van der Waals surface area contributed by atoms with Crippen LogP contribution in [0.15, 0.2) is 48.7 Å². The highest BCUT2D eigenvalue weighted by atomic mass is 19.4. The molecule has 21 heavy (non-hydrogen) atoms. The predicted molar refractivity (Wildman–Crippen MR) is 68.5 cm³/mol. The van der Waals surface area contributed by atoms with Crippen molar-refractivity contribution in [1.82, 2.24) is 10.3 Å². The van der Waals surface area contributed by atoms with Crippen LogP contribution in [0, 0.1) is 0 Å². The quantitative estimate of drug-likeness (QED) is 0.943. The molecule has 0 saturated carbocycles. The van der Waals surface area contributed by atoms with E-state index in [-0.39, 0.29) is 23.9 Å². The smallest absolute Gasteiger partial charge is 0.406 e. The van der Waals surface area contributed by atoms with Gasteiger partial charge in [-0.2, -0.15) is 0 Å². The van der Waals surface area contributed by atoms with Crippen molar-refractivity contribution in [3.05, 3.63) is 59.9 Å². The van der Waals surface area contributed by atoms with Gasteiger partial charge in [-0.25, -0.2) is 0 Å². The number of nitrogens with zero attached hydrogens (tertiary/aromatic N) is 1. The van der Waals surface area contributed by atoms with Gasteiger partial charge in [0.1, 0.15) is 11.4 Å². The van der Waals surface area contributed by atoms with E-state index in [4.69, 9.17) is 0 Å². The molecule has 2 rings (SSSR count). The lowest BCUT2D eigenvalue weighted by molar-refractivity contribution is -0.274. The molecule has 2 aromatic rings. The summed E-state index contributed by atoms with van der Waals surface area (Å²) in [4.78, 5) is 15.6. The molecule has 4 nitrogen and oxygen atoms in total. The molecule has 0 spiro atoms. The number of alkyl halides is 3. The third kappa shape index (κ3) is 4.79. The molecular weight excluding hydrogens is 285 g/mol. The first-order valence-electron chi connectivity index (χ1n) is 5.98. The fourth-order valence-electron chi connectivity index (χ4n) is 1.58. The molecule has 0 fully saturated rings. The van der Waals surface area contributed by atoms with Crippen molar-refractivity contribution >= 4 is 5.91 Å². The maximum absolute atomic E-state index is 12.0. The Morgan fingerprint density at radius 1 is 1.14 bits per heavy atom. The maximum Gasteiger partial charge on any atom is 0.573 e. The number of pyridine rings is 1. The SMILES string of the molecule is O=C(NCc1ccc(OC(F)(F)F)cc1)c1ccccn1. The van der Waals surface area contributed by atoms with Crippen LogP contribution < -0.4 is 10.1 Å². The zero-order valence-corrected chi connectivity index (χ0v) is 10.7. The van der Waals surface area contributed by atoms with Gasteiger partial charge in [-0.05, 0) is 29.8 Å². The Kier molecular flexibility index (Phi) is 4.42. The zero-order valence-electron chi connectivity index (χ0n) is 10.7. The minimum Gasteiger partial charge on any atom is -0.406 e. The molecule has 1 aromatic heterocycles. The number of amides is 1. The van der Waals surface area contributed by atoms with Crippen LogP contribution in [0.5, 0.6) is 5.75 Å². The van der Waals surface area contributed by atoms with Crippen LogP contribution >= 0.6 is 0 Å². The number of carbonyl (C=O) groups is 1. The van der Waals surface area contributed by atoms with Gasteiger partial charge >= 0.3 is 6.36 Å². The standard InChI is InChI=1S/C14H11F3N2O2/c15-14(16,17)21-11-6-4-10(5-7-11)9-19-13(20)12-3-1-2-8-18-12/h1-8H,9H2,(H,19,20). The monoisotopic (exact) mass is 296 g/mol. The summed E-state index contributed by atoms with van der Waals surface area (Å²) in [5.74, 6) is -0.659. The van der Waals surface area contributed by atoms with Crippen molar-refractivity contribution in [3.63, 3.8) is 0 Å². The van der Waals surface area contributed by atoms with Crippen LogP contribution in [0.3, 0.4) is 0 Å². The highest BCUT2D eigenvalue weighted by Crippen LogP contribution is 2.22. The van der Waals surface area contributed by atoms with Crippen molar-refractivity contribution in [2.75, 3.05) is 0 Å². The molecule has 0 aliphatic rings. The van der Waals surface area contributed by atoms with E-state index >= 15 is 0 Å². The summed E-state index contributed by atoms with van der Waals surface area (Å²) in [5, 5.41) is 2.62. The second-order valence-corrected chi connectivity index (χ2v) is 4.09.